The number of amides is 1. The van der Waals surface area contributed by atoms with Crippen LogP contribution in [0.4, 0.5) is 5.69 Å². The lowest BCUT2D eigenvalue weighted by Gasteiger charge is -2.31. The average molecular weight is 299 g/mol. The lowest BCUT2D eigenvalue weighted by atomic mass is 9.94. The number of benzene rings is 1. The summed E-state index contributed by atoms with van der Waals surface area (Å²) in [5, 5.41) is 3.39. The summed E-state index contributed by atoms with van der Waals surface area (Å²) in [7, 11) is 0. The summed E-state index contributed by atoms with van der Waals surface area (Å²) in [6.07, 6.45) is 6.25. The molecule has 1 amide bonds. The molecule has 2 aliphatic heterocycles. The Kier molecular flexibility index (Phi) is 3.78. The Morgan fingerprint density at radius 3 is 2.59 bits per heavy atom. The predicted molar refractivity (Wildman–Crippen MR) is 88.3 cm³/mol. The third-order valence-electron chi connectivity index (χ3n) is 5.42. The molecule has 0 aromatic heterocycles. The second kappa shape index (κ2) is 5.92. The van der Waals surface area contributed by atoms with Crippen LogP contribution < -0.4 is 10.2 Å². The van der Waals surface area contributed by atoms with E-state index in [1.165, 1.54) is 43.4 Å². The number of fused-ring (bicyclic) bond motifs is 1. The van der Waals surface area contributed by atoms with Gasteiger partial charge < -0.3 is 15.1 Å². The number of hydrogen-bond acceptors (Lipinski definition) is 3. The molecule has 4 heteroatoms. The maximum absolute atomic E-state index is 12.7. The quantitative estimate of drug-likeness (QED) is 0.911. The number of carbonyl (C=O) groups excluding carboxylic acids is 1. The highest BCUT2D eigenvalue weighted by molar-refractivity contribution is 5.99. The van der Waals surface area contributed by atoms with Crippen LogP contribution in [0, 0.1) is 0 Å². The predicted octanol–water partition coefficient (Wildman–Crippen LogP) is 2.38. The van der Waals surface area contributed by atoms with Gasteiger partial charge in [0.15, 0.2) is 0 Å². The summed E-state index contributed by atoms with van der Waals surface area (Å²) in [5.74, 6) is 0.258. The van der Waals surface area contributed by atoms with Gasteiger partial charge in [-0.05, 0) is 36.6 Å². The normalized spacial score (nSPS) is 23.0. The number of piperazine rings is 1. The van der Waals surface area contributed by atoms with E-state index < -0.39 is 0 Å². The van der Waals surface area contributed by atoms with Crippen LogP contribution in [-0.2, 0) is 6.54 Å². The van der Waals surface area contributed by atoms with E-state index in [0.29, 0.717) is 6.04 Å². The smallest absolute Gasteiger partial charge is 0.254 e. The van der Waals surface area contributed by atoms with Crippen LogP contribution in [-0.4, -0.2) is 43.0 Å². The molecule has 118 valence electrons. The Balaban J connectivity index is 1.54. The van der Waals surface area contributed by atoms with E-state index in [9.17, 15) is 4.79 Å². The molecule has 4 nitrogen and oxygen atoms in total. The zero-order valence-corrected chi connectivity index (χ0v) is 13.2. The molecule has 3 aliphatic rings. The summed E-state index contributed by atoms with van der Waals surface area (Å²) in [4.78, 5) is 17.2. The monoisotopic (exact) mass is 299 g/mol. The maximum atomic E-state index is 12.7. The fraction of sp³-hybridized carbons (Fsp3) is 0.611. The van der Waals surface area contributed by atoms with Crippen molar-refractivity contribution in [2.24, 2.45) is 0 Å². The van der Waals surface area contributed by atoms with Gasteiger partial charge in [0, 0.05) is 50.0 Å². The highest BCUT2D eigenvalue weighted by atomic mass is 16.2. The number of anilines is 1. The minimum atomic E-state index is 0.258. The molecule has 0 radical (unpaired) electrons. The fourth-order valence-electron chi connectivity index (χ4n) is 4.14. The number of nitrogens with one attached hydrogen (secondary N) is 1. The van der Waals surface area contributed by atoms with Gasteiger partial charge in [-0.3, -0.25) is 4.79 Å². The Morgan fingerprint density at radius 1 is 1.05 bits per heavy atom. The fourth-order valence-corrected chi connectivity index (χ4v) is 4.14. The number of hydrogen-bond donors (Lipinski definition) is 1. The molecule has 0 unspecified atom stereocenters. The molecular weight excluding hydrogens is 274 g/mol. The maximum Gasteiger partial charge on any atom is 0.254 e. The van der Waals surface area contributed by atoms with E-state index in [2.05, 4.69) is 33.3 Å². The van der Waals surface area contributed by atoms with Crippen LogP contribution in [0.15, 0.2) is 18.2 Å². The SMILES string of the molecule is O=C1c2ccc(N3CCNCC3)cc2CN1C1CCCCC1. The first-order valence-corrected chi connectivity index (χ1v) is 8.72. The minimum Gasteiger partial charge on any atom is -0.369 e. The van der Waals surface area contributed by atoms with Crippen molar-refractivity contribution in [1.29, 1.82) is 0 Å². The summed E-state index contributed by atoms with van der Waals surface area (Å²) < 4.78 is 0. The zero-order valence-electron chi connectivity index (χ0n) is 13.2. The van der Waals surface area contributed by atoms with E-state index in [0.717, 1.165) is 38.3 Å². The van der Waals surface area contributed by atoms with Crippen molar-refractivity contribution in [3.63, 3.8) is 0 Å². The molecule has 1 aliphatic carbocycles. The molecule has 1 saturated carbocycles. The second-order valence-corrected chi connectivity index (χ2v) is 6.80. The Morgan fingerprint density at radius 2 is 1.82 bits per heavy atom. The molecule has 0 bridgehead atoms. The Labute approximate surface area is 132 Å². The second-order valence-electron chi connectivity index (χ2n) is 6.80. The highest BCUT2D eigenvalue weighted by Gasteiger charge is 2.33. The van der Waals surface area contributed by atoms with Crippen molar-refractivity contribution in [1.82, 2.24) is 10.2 Å². The van der Waals surface area contributed by atoms with Crippen LogP contribution in [0.25, 0.3) is 0 Å². The Bertz CT molecular complexity index is 559. The zero-order chi connectivity index (χ0) is 14.9. The van der Waals surface area contributed by atoms with Crippen LogP contribution in [0.2, 0.25) is 0 Å². The van der Waals surface area contributed by atoms with E-state index in [1.54, 1.807) is 0 Å². The van der Waals surface area contributed by atoms with Gasteiger partial charge in [-0.2, -0.15) is 0 Å². The summed E-state index contributed by atoms with van der Waals surface area (Å²) in [6.45, 7) is 5.02. The number of rotatable bonds is 2. The van der Waals surface area contributed by atoms with Crippen molar-refractivity contribution in [2.75, 3.05) is 31.1 Å². The van der Waals surface area contributed by atoms with Crippen molar-refractivity contribution in [2.45, 2.75) is 44.7 Å². The van der Waals surface area contributed by atoms with E-state index in [-0.39, 0.29) is 5.91 Å². The third kappa shape index (κ3) is 2.50. The van der Waals surface area contributed by atoms with Gasteiger partial charge in [-0.15, -0.1) is 0 Å². The summed E-state index contributed by atoms with van der Waals surface area (Å²) in [5.41, 5.74) is 3.44. The average Bonchev–Trinajstić information content (AvgIpc) is 2.93. The van der Waals surface area contributed by atoms with Gasteiger partial charge in [0.05, 0.1) is 0 Å². The van der Waals surface area contributed by atoms with Gasteiger partial charge in [0.1, 0.15) is 0 Å². The Hall–Kier alpha value is -1.55. The number of carbonyl (C=O) groups is 1. The third-order valence-corrected chi connectivity index (χ3v) is 5.42. The van der Waals surface area contributed by atoms with Gasteiger partial charge >= 0.3 is 0 Å². The molecule has 22 heavy (non-hydrogen) atoms. The van der Waals surface area contributed by atoms with E-state index >= 15 is 0 Å². The van der Waals surface area contributed by atoms with Crippen molar-refractivity contribution in [3.05, 3.63) is 29.3 Å². The van der Waals surface area contributed by atoms with Crippen LogP contribution in [0.5, 0.6) is 0 Å². The molecular formula is C18H25N3O. The molecule has 2 fully saturated rings. The van der Waals surface area contributed by atoms with Crippen molar-refractivity contribution < 1.29 is 4.79 Å². The van der Waals surface area contributed by atoms with Crippen molar-refractivity contribution in [3.8, 4) is 0 Å². The van der Waals surface area contributed by atoms with E-state index in [1.807, 2.05) is 0 Å². The van der Waals surface area contributed by atoms with Gasteiger partial charge in [0.25, 0.3) is 5.91 Å². The first-order valence-electron chi connectivity index (χ1n) is 8.72. The molecule has 0 spiro atoms. The lowest BCUT2D eigenvalue weighted by Crippen LogP contribution is -2.43. The summed E-state index contributed by atoms with van der Waals surface area (Å²) in [6, 6.07) is 6.90. The lowest BCUT2D eigenvalue weighted by molar-refractivity contribution is 0.0660. The minimum absolute atomic E-state index is 0.258. The molecule has 1 aromatic carbocycles. The number of nitrogens with zero attached hydrogens (tertiary/aromatic N) is 2. The molecule has 1 saturated heterocycles. The summed E-state index contributed by atoms with van der Waals surface area (Å²) >= 11 is 0. The first kappa shape index (κ1) is 14.1. The van der Waals surface area contributed by atoms with E-state index in [4.69, 9.17) is 0 Å². The molecule has 2 heterocycles. The largest absolute Gasteiger partial charge is 0.369 e. The van der Waals surface area contributed by atoms with Gasteiger partial charge in [-0.1, -0.05) is 19.3 Å². The van der Waals surface area contributed by atoms with Gasteiger partial charge in [0.2, 0.25) is 0 Å². The van der Waals surface area contributed by atoms with Crippen molar-refractivity contribution >= 4 is 11.6 Å². The topological polar surface area (TPSA) is 35.6 Å². The molecule has 1 aromatic rings. The highest BCUT2D eigenvalue weighted by Crippen LogP contribution is 2.32. The van der Waals surface area contributed by atoms with Gasteiger partial charge in [-0.25, -0.2) is 0 Å². The first-order chi connectivity index (χ1) is 10.8. The van der Waals surface area contributed by atoms with Crippen LogP contribution in [0.1, 0.15) is 48.0 Å². The molecule has 0 atom stereocenters. The van der Waals surface area contributed by atoms with Crippen LogP contribution >= 0.6 is 0 Å². The van der Waals surface area contributed by atoms with Crippen LogP contribution in [0.3, 0.4) is 0 Å². The standard InChI is InChI=1S/C18H25N3O/c22-18-17-7-6-16(20-10-8-19-9-11-20)12-14(17)13-21(18)15-4-2-1-3-5-15/h6-7,12,15,19H,1-5,8-11,13H2. The molecule has 4 rings (SSSR count). The molecule has 1 N–H and O–H groups in total.